The summed E-state index contributed by atoms with van der Waals surface area (Å²) >= 11 is 0. The second kappa shape index (κ2) is 6.97. The molecule has 0 radical (unpaired) electrons. The van der Waals surface area contributed by atoms with Gasteiger partial charge in [0.1, 0.15) is 5.75 Å². The van der Waals surface area contributed by atoms with Crippen LogP contribution in [-0.2, 0) is 12.0 Å². The van der Waals surface area contributed by atoms with E-state index in [9.17, 15) is 0 Å². The number of benzene rings is 2. The Morgan fingerprint density at radius 3 is 2.23 bits per heavy atom. The second-order valence-electron chi connectivity index (χ2n) is 6.79. The minimum Gasteiger partial charge on any atom is -0.496 e. The molecule has 0 aliphatic carbocycles. The second-order valence-corrected chi connectivity index (χ2v) is 6.79. The van der Waals surface area contributed by atoms with Crippen LogP contribution in [0.3, 0.4) is 0 Å². The Balaban J connectivity index is 2.00. The number of ether oxygens (including phenoxy) is 1. The summed E-state index contributed by atoms with van der Waals surface area (Å²) in [6, 6.07) is 17.3. The third kappa shape index (κ3) is 4.11. The van der Waals surface area contributed by atoms with Crippen molar-refractivity contribution in [2.45, 2.75) is 45.7 Å². The molecular formula is C20H27NO. The van der Waals surface area contributed by atoms with Gasteiger partial charge in [-0.3, -0.25) is 0 Å². The average Bonchev–Trinajstić information content (AvgIpc) is 2.52. The van der Waals surface area contributed by atoms with Crippen LogP contribution >= 0.6 is 0 Å². The molecule has 0 spiro atoms. The molecule has 0 heterocycles. The van der Waals surface area contributed by atoms with Gasteiger partial charge in [0.25, 0.3) is 0 Å². The minimum atomic E-state index is 0.205. The number of methoxy groups -OCH3 is 1. The van der Waals surface area contributed by atoms with E-state index in [-0.39, 0.29) is 11.5 Å². The highest BCUT2D eigenvalue weighted by Crippen LogP contribution is 2.25. The molecule has 0 aromatic heterocycles. The molecule has 0 saturated carbocycles. The summed E-state index contributed by atoms with van der Waals surface area (Å²) in [7, 11) is 1.72. The van der Waals surface area contributed by atoms with Gasteiger partial charge in [0.2, 0.25) is 0 Å². The van der Waals surface area contributed by atoms with Crippen molar-refractivity contribution < 1.29 is 4.74 Å². The molecule has 1 N–H and O–H groups in total. The zero-order valence-corrected chi connectivity index (χ0v) is 14.3. The smallest absolute Gasteiger partial charge is 0.123 e. The highest BCUT2D eigenvalue weighted by molar-refractivity contribution is 5.35. The Morgan fingerprint density at radius 1 is 1.00 bits per heavy atom. The highest BCUT2D eigenvalue weighted by Gasteiger charge is 2.13. The molecule has 1 unspecified atom stereocenters. The van der Waals surface area contributed by atoms with Crippen LogP contribution in [0.2, 0.25) is 0 Å². The molecule has 2 aromatic carbocycles. The van der Waals surface area contributed by atoms with Gasteiger partial charge in [-0.2, -0.15) is 0 Å². The predicted octanol–water partition coefficient (Wildman–Crippen LogP) is 4.84. The lowest BCUT2D eigenvalue weighted by Crippen LogP contribution is -2.19. The van der Waals surface area contributed by atoms with Crippen molar-refractivity contribution in [2.75, 3.05) is 7.11 Å². The van der Waals surface area contributed by atoms with Crippen molar-refractivity contribution in [1.29, 1.82) is 0 Å². The van der Waals surface area contributed by atoms with E-state index < -0.39 is 0 Å². The molecule has 0 fully saturated rings. The first-order valence-corrected chi connectivity index (χ1v) is 7.87. The van der Waals surface area contributed by atoms with Gasteiger partial charge < -0.3 is 10.1 Å². The van der Waals surface area contributed by atoms with E-state index in [0.717, 1.165) is 12.3 Å². The Bertz CT molecular complexity index is 596. The Hall–Kier alpha value is -1.80. The third-order valence-corrected chi connectivity index (χ3v) is 4.04. The fourth-order valence-corrected chi connectivity index (χ4v) is 2.53. The lowest BCUT2D eigenvalue weighted by atomic mass is 9.87. The average molecular weight is 297 g/mol. The zero-order chi connectivity index (χ0) is 16.2. The van der Waals surface area contributed by atoms with E-state index in [1.165, 1.54) is 16.7 Å². The summed E-state index contributed by atoms with van der Waals surface area (Å²) < 4.78 is 5.43. The van der Waals surface area contributed by atoms with Crippen LogP contribution in [0.5, 0.6) is 5.75 Å². The van der Waals surface area contributed by atoms with Crippen LogP contribution in [0.4, 0.5) is 0 Å². The first kappa shape index (κ1) is 16.6. The molecule has 118 valence electrons. The number of nitrogens with one attached hydrogen (secondary N) is 1. The lowest BCUT2D eigenvalue weighted by Gasteiger charge is -2.20. The Kier molecular flexibility index (Phi) is 5.25. The van der Waals surface area contributed by atoms with E-state index in [1.807, 2.05) is 18.2 Å². The van der Waals surface area contributed by atoms with E-state index >= 15 is 0 Å². The van der Waals surface area contributed by atoms with E-state index in [1.54, 1.807) is 7.11 Å². The molecule has 0 saturated heterocycles. The van der Waals surface area contributed by atoms with Crippen LogP contribution in [0, 0.1) is 0 Å². The Labute approximate surface area is 134 Å². The molecule has 0 aliphatic rings. The molecule has 2 rings (SSSR count). The summed E-state index contributed by atoms with van der Waals surface area (Å²) in [5.41, 5.74) is 4.07. The van der Waals surface area contributed by atoms with Crippen LogP contribution in [0.1, 0.15) is 50.4 Å². The number of rotatable bonds is 5. The molecule has 0 amide bonds. The first-order valence-electron chi connectivity index (χ1n) is 7.87. The fraction of sp³-hybridized carbons (Fsp3) is 0.400. The Morgan fingerprint density at radius 2 is 1.64 bits per heavy atom. The monoisotopic (exact) mass is 297 g/mol. The summed E-state index contributed by atoms with van der Waals surface area (Å²) in [5.74, 6) is 0.936. The fourth-order valence-electron chi connectivity index (χ4n) is 2.53. The molecule has 1 atom stereocenters. The van der Waals surface area contributed by atoms with E-state index in [4.69, 9.17) is 4.74 Å². The van der Waals surface area contributed by atoms with Gasteiger partial charge in [-0.25, -0.2) is 0 Å². The van der Waals surface area contributed by atoms with Crippen molar-refractivity contribution >= 4 is 0 Å². The van der Waals surface area contributed by atoms with Gasteiger partial charge in [0, 0.05) is 18.2 Å². The zero-order valence-electron chi connectivity index (χ0n) is 14.3. The SMILES string of the molecule is COc1ccccc1C(C)NCc1ccc(C(C)(C)C)cc1. The van der Waals surface area contributed by atoms with Crippen molar-refractivity contribution in [2.24, 2.45) is 0 Å². The van der Waals surface area contributed by atoms with E-state index in [0.29, 0.717) is 0 Å². The summed E-state index contributed by atoms with van der Waals surface area (Å²) in [6.07, 6.45) is 0. The molecule has 2 aromatic rings. The van der Waals surface area contributed by atoms with Gasteiger partial charge in [0.15, 0.2) is 0 Å². The normalized spacial score (nSPS) is 13.0. The lowest BCUT2D eigenvalue weighted by molar-refractivity contribution is 0.401. The molecular weight excluding hydrogens is 270 g/mol. The number of hydrogen-bond acceptors (Lipinski definition) is 2. The van der Waals surface area contributed by atoms with Crippen LogP contribution in [-0.4, -0.2) is 7.11 Å². The summed E-state index contributed by atoms with van der Waals surface area (Å²) in [4.78, 5) is 0. The molecule has 0 aliphatic heterocycles. The van der Waals surface area contributed by atoms with Crippen molar-refractivity contribution in [1.82, 2.24) is 5.32 Å². The van der Waals surface area contributed by atoms with Gasteiger partial charge in [-0.05, 0) is 29.5 Å². The van der Waals surface area contributed by atoms with Gasteiger partial charge in [-0.15, -0.1) is 0 Å². The quantitative estimate of drug-likeness (QED) is 0.852. The van der Waals surface area contributed by atoms with Crippen LogP contribution in [0.15, 0.2) is 48.5 Å². The number of para-hydroxylation sites is 1. The van der Waals surface area contributed by atoms with Gasteiger partial charge >= 0.3 is 0 Å². The topological polar surface area (TPSA) is 21.3 Å². The third-order valence-electron chi connectivity index (χ3n) is 4.04. The van der Waals surface area contributed by atoms with Crippen LogP contribution in [0.25, 0.3) is 0 Å². The molecule has 22 heavy (non-hydrogen) atoms. The maximum Gasteiger partial charge on any atom is 0.123 e. The van der Waals surface area contributed by atoms with Gasteiger partial charge in [0.05, 0.1) is 7.11 Å². The summed E-state index contributed by atoms with van der Waals surface area (Å²) in [6.45, 7) is 9.74. The molecule has 2 heteroatoms. The largest absolute Gasteiger partial charge is 0.496 e. The standard InChI is InChI=1S/C20H27NO/c1-15(18-8-6-7-9-19(18)22-5)21-14-16-10-12-17(13-11-16)20(2,3)4/h6-13,15,21H,14H2,1-5H3. The minimum absolute atomic E-state index is 0.205. The first-order chi connectivity index (χ1) is 10.4. The summed E-state index contributed by atoms with van der Waals surface area (Å²) in [5, 5.41) is 3.57. The maximum atomic E-state index is 5.43. The van der Waals surface area contributed by atoms with Crippen molar-refractivity contribution in [3.8, 4) is 5.75 Å². The molecule has 0 bridgehead atoms. The van der Waals surface area contributed by atoms with Crippen LogP contribution < -0.4 is 10.1 Å². The highest BCUT2D eigenvalue weighted by atomic mass is 16.5. The van der Waals surface area contributed by atoms with Crippen molar-refractivity contribution in [3.05, 3.63) is 65.2 Å². The van der Waals surface area contributed by atoms with Crippen molar-refractivity contribution in [3.63, 3.8) is 0 Å². The van der Waals surface area contributed by atoms with Gasteiger partial charge in [-0.1, -0.05) is 63.2 Å². The number of hydrogen-bond donors (Lipinski definition) is 1. The maximum absolute atomic E-state index is 5.43. The van der Waals surface area contributed by atoms with E-state index in [2.05, 4.69) is 63.3 Å². The molecule has 2 nitrogen and oxygen atoms in total. The predicted molar refractivity (Wildman–Crippen MR) is 93.4 cm³/mol.